The Labute approximate surface area is 82.8 Å². The number of aliphatic hydroxyl groups is 1. The van der Waals surface area contributed by atoms with E-state index in [0.29, 0.717) is 12.4 Å². The molecule has 0 saturated carbocycles. The van der Waals surface area contributed by atoms with E-state index in [1.807, 2.05) is 6.92 Å². The molecule has 2 unspecified atom stereocenters. The number of Topliss-reactive ketones (excluding diaryl/α,β-unsaturated/α-hetero) is 1. The van der Waals surface area contributed by atoms with Crippen molar-refractivity contribution in [3.05, 3.63) is 0 Å². The molecule has 0 aromatic carbocycles. The number of hydrogen-bond acceptors (Lipinski definition) is 4. The molecule has 0 amide bonds. The first-order chi connectivity index (χ1) is 6.24. The maximum Gasteiger partial charge on any atom is 0.148 e. The van der Waals surface area contributed by atoms with Crippen LogP contribution in [-0.2, 0) is 9.53 Å². The smallest absolute Gasteiger partial charge is 0.148 e. The quantitative estimate of drug-likeness (QED) is 0.716. The Bertz CT molecular complexity index is 166. The molecule has 1 aliphatic rings. The van der Waals surface area contributed by atoms with Crippen LogP contribution in [0.3, 0.4) is 0 Å². The van der Waals surface area contributed by atoms with Gasteiger partial charge in [-0.05, 0) is 6.42 Å². The van der Waals surface area contributed by atoms with Crippen molar-refractivity contribution in [3.8, 4) is 0 Å². The van der Waals surface area contributed by atoms with E-state index in [1.165, 1.54) is 11.8 Å². The highest BCUT2D eigenvalue weighted by Crippen LogP contribution is 2.18. The van der Waals surface area contributed by atoms with Gasteiger partial charge in [0.1, 0.15) is 5.78 Å². The van der Waals surface area contributed by atoms with Gasteiger partial charge in [-0.1, -0.05) is 6.92 Å². The summed E-state index contributed by atoms with van der Waals surface area (Å²) in [5.41, 5.74) is 0. The zero-order chi connectivity index (χ0) is 9.68. The van der Waals surface area contributed by atoms with Crippen molar-refractivity contribution in [3.63, 3.8) is 0 Å². The van der Waals surface area contributed by atoms with Gasteiger partial charge in [0.2, 0.25) is 0 Å². The molecule has 0 aromatic rings. The standard InChI is InChI=1S/C9H16O3S/c1-7(4-10)13-6-9(11)8-2-3-12-5-8/h7-8,10H,2-6H2,1H3. The van der Waals surface area contributed by atoms with Crippen LogP contribution in [0.2, 0.25) is 0 Å². The summed E-state index contributed by atoms with van der Waals surface area (Å²) in [6.07, 6.45) is 0.868. The lowest BCUT2D eigenvalue weighted by Gasteiger charge is -2.09. The number of carbonyl (C=O) groups excluding carboxylic acids is 1. The average Bonchev–Trinajstić information content (AvgIpc) is 2.66. The van der Waals surface area contributed by atoms with Crippen LogP contribution in [0.5, 0.6) is 0 Å². The first kappa shape index (κ1) is 11.0. The molecule has 1 N–H and O–H groups in total. The largest absolute Gasteiger partial charge is 0.395 e. The zero-order valence-corrected chi connectivity index (χ0v) is 8.68. The molecule has 2 atom stereocenters. The van der Waals surface area contributed by atoms with Crippen LogP contribution in [0.25, 0.3) is 0 Å². The van der Waals surface area contributed by atoms with E-state index in [1.54, 1.807) is 0 Å². The number of thioether (sulfide) groups is 1. The molecule has 13 heavy (non-hydrogen) atoms. The predicted octanol–water partition coefficient (Wildman–Crippen LogP) is 0.706. The summed E-state index contributed by atoms with van der Waals surface area (Å²) in [5, 5.41) is 8.91. The predicted molar refractivity (Wildman–Crippen MR) is 52.9 cm³/mol. The van der Waals surface area contributed by atoms with Gasteiger partial charge in [-0.15, -0.1) is 11.8 Å². The third kappa shape index (κ3) is 3.67. The topological polar surface area (TPSA) is 46.5 Å². The van der Waals surface area contributed by atoms with Gasteiger partial charge in [-0.2, -0.15) is 0 Å². The summed E-state index contributed by atoms with van der Waals surface area (Å²) >= 11 is 1.52. The fourth-order valence-electron chi connectivity index (χ4n) is 1.18. The third-order valence-electron chi connectivity index (χ3n) is 2.15. The van der Waals surface area contributed by atoms with Crippen LogP contribution >= 0.6 is 11.8 Å². The van der Waals surface area contributed by atoms with Gasteiger partial charge in [0.05, 0.1) is 19.0 Å². The van der Waals surface area contributed by atoms with Crippen LogP contribution in [-0.4, -0.2) is 41.7 Å². The number of rotatable bonds is 5. The van der Waals surface area contributed by atoms with E-state index < -0.39 is 0 Å². The zero-order valence-electron chi connectivity index (χ0n) is 7.86. The van der Waals surface area contributed by atoms with Crippen LogP contribution in [0, 0.1) is 5.92 Å². The molecule has 0 aliphatic carbocycles. The molecular formula is C9H16O3S. The number of carbonyl (C=O) groups is 1. The summed E-state index contributed by atoms with van der Waals surface area (Å²) in [6.45, 7) is 3.37. The molecule has 1 saturated heterocycles. The monoisotopic (exact) mass is 204 g/mol. The highest BCUT2D eigenvalue weighted by atomic mass is 32.2. The Morgan fingerprint density at radius 1 is 1.77 bits per heavy atom. The van der Waals surface area contributed by atoms with Gasteiger partial charge in [0, 0.05) is 17.8 Å². The van der Waals surface area contributed by atoms with Crippen molar-refractivity contribution >= 4 is 17.5 Å². The van der Waals surface area contributed by atoms with E-state index in [0.717, 1.165) is 13.0 Å². The van der Waals surface area contributed by atoms with E-state index in [2.05, 4.69) is 0 Å². The van der Waals surface area contributed by atoms with Gasteiger partial charge < -0.3 is 9.84 Å². The number of ether oxygens (including phenoxy) is 1. The lowest BCUT2D eigenvalue weighted by Crippen LogP contribution is -2.18. The number of ketones is 1. The lowest BCUT2D eigenvalue weighted by atomic mass is 10.1. The highest BCUT2D eigenvalue weighted by Gasteiger charge is 2.23. The fourth-order valence-corrected chi connectivity index (χ4v) is 1.97. The molecule has 1 heterocycles. The Hall–Kier alpha value is -0.0600. The summed E-state index contributed by atoms with van der Waals surface area (Å²) in [6, 6.07) is 0. The molecule has 0 aromatic heterocycles. The van der Waals surface area contributed by atoms with Gasteiger partial charge in [-0.25, -0.2) is 0 Å². The van der Waals surface area contributed by atoms with Crippen molar-refractivity contribution in [2.45, 2.75) is 18.6 Å². The van der Waals surface area contributed by atoms with E-state index in [-0.39, 0.29) is 23.6 Å². The SMILES string of the molecule is CC(CO)SCC(=O)C1CCOC1. The molecule has 0 spiro atoms. The van der Waals surface area contributed by atoms with Gasteiger partial charge in [0.25, 0.3) is 0 Å². The third-order valence-corrected chi connectivity index (χ3v) is 3.32. The minimum Gasteiger partial charge on any atom is -0.395 e. The normalized spacial score (nSPS) is 24.6. The van der Waals surface area contributed by atoms with Crippen molar-refractivity contribution in [2.24, 2.45) is 5.92 Å². The maximum atomic E-state index is 11.5. The first-order valence-corrected chi connectivity index (χ1v) is 5.62. The van der Waals surface area contributed by atoms with E-state index >= 15 is 0 Å². The van der Waals surface area contributed by atoms with E-state index in [9.17, 15) is 4.79 Å². The van der Waals surface area contributed by atoms with Crippen molar-refractivity contribution in [1.82, 2.24) is 0 Å². The van der Waals surface area contributed by atoms with Crippen LogP contribution < -0.4 is 0 Å². The number of hydrogen-bond donors (Lipinski definition) is 1. The first-order valence-electron chi connectivity index (χ1n) is 4.57. The Balaban J connectivity index is 2.16. The Kier molecular flexibility index (Phi) is 4.77. The highest BCUT2D eigenvalue weighted by molar-refractivity contribution is 8.00. The summed E-state index contributed by atoms with van der Waals surface area (Å²) in [4.78, 5) is 11.5. The molecule has 0 radical (unpaired) electrons. The van der Waals surface area contributed by atoms with Gasteiger partial charge in [0.15, 0.2) is 0 Å². The summed E-state index contributed by atoms with van der Waals surface area (Å²) in [7, 11) is 0. The molecule has 4 heteroatoms. The van der Waals surface area contributed by atoms with Crippen molar-refractivity contribution in [1.29, 1.82) is 0 Å². The molecule has 76 valence electrons. The molecule has 1 rings (SSSR count). The Morgan fingerprint density at radius 2 is 2.54 bits per heavy atom. The van der Waals surface area contributed by atoms with Crippen LogP contribution in [0.1, 0.15) is 13.3 Å². The summed E-state index contributed by atoms with van der Waals surface area (Å²) in [5.74, 6) is 0.886. The average molecular weight is 204 g/mol. The molecule has 1 aliphatic heterocycles. The molecule has 1 fully saturated rings. The van der Waals surface area contributed by atoms with Crippen LogP contribution in [0.15, 0.2) is 0 Å². The van der Waals surface area contributed by atoms with Gasteiger partial charge >= 0.3 is 0 Å². The van der Waals surface area contributed by atoms with Gasteiger partial charge in [-0.3, -0.25) is 4.79 Å². The maximum absolute atomic E-state index is 11.5. The molecule has 3 nitrogen and oxygen atoms in total. The Morgan fingerprint density at radius 3 is 3.08 bits per heavy atom. The lowest BCUT2D eigenvalue weighted by molar-refractivity contribution is -0.120. The van der Waals surface area contributed by atoms with Crippen LogP contribution in [0.4, 0.5) is 0 Å². The van der Waals surface area contributed by atoms with Crippen molar-refractivity contribution < 1.29 is 14.6 Å². The molecule has 0 bridgehead atoms. The fraction of sp³-hybridized carbons (Fsp3) is 0.889. The molecular weight excluding hydrogens is 188 g/mol. The number of aliphatic hydroxyl groups excluding tert-OH is 1. The second kappa shape index (κ2) is 5.62. The minimum atomic E-state index is 0.110. The second-order valence-electron chi connectivity index (χ2n) is 3.33. The summed E-state index contributed by atoms with van der Waals surface area (Å²) < 4.78 is 5.13. The van der Waals surface area contributed by atoms with E-state index in [4.69, 9.17) is 9.84 Å². The second-order valence-corrected chi connectivity index (χ2v) is 4.76. The minimum absolute atomic E-state index is 0.110. The van der Waals surface area contributed by atoms with Crippen molar-refractivity contribution in [2.75, 3.05) is 25.6 Å².